The van der Waals surface area contributed by atoms with E-state index in [-0.39, 0.29) is 0 Å². The average molecular weight is 268 g/mol. The Morgan fingerprint density at radius 2 is 2.00 bits per heavy atom. The molecule has 0 aromatic carbocycles. The third-order valence-electron chi connectivity index (χ3n) is 4.75. The molecule has 1 atom stereocenters. The van der Waals surface area contributed by atoms with Crippen LogP contribution in [0.1, 0.15) is 51.4 Å². The quantitative estimate of drug-likeness (QED) is 0.828. The van der Waals surface area contributed by atoms with Gasteiger partial charge in [0.1, 0.15) is 0 Å². The molecule has 1 N–H and O–H groups in total. The van der Waals surface area contributed by atoms with Gasteiger partial charge in [0.05, 0.1) is 6.10 Å². The molecule has 1 heterocycles. The van der Waals surface area contributed by atoms with Gasteiger partial charge in [-0.25, -0.2) is 0 Å². The van der Waals surface area contributed by atoms with Crippen LogP contribution in [0.15, 0.2) is 0 Å². The van der Waals surface area contributed by atoms with E-state index in [1.807, 2.05) is 19.0 Å². The third kappa shape index (κ3) is 4.18. The minimum atomic E-state index is 0.295. The normalized spacial score (nSPS) is 31.4. The molecule has 2 aliphatic rings. The van der Waals surface area contributed by atoms with E-state index in [2.05, 4.69) is 5.32 Å². The molecule has 0 aromatic rings. The highest BCUT2D eigenvalue weighted by atomic mass is 16.5. The van der Waals surface area contributed by atoms with E-state index in [9.17, 15) is 4.79 Å². The van der Waals surface area contributed by atoms with Gasteiger partial charge in [-0.1, -0.05) is 0 Å². The zero-order chi connectivity index (χ0) is 13.7. The number of hydrogen-bond donors (Lipinski definition) is 1. The van der Waals surface area contributed by atoms with Gasteiger partial charge in [0.2, 0.25) is 5.91 Å². The number of carbonyl (C=O) groups is 1. The van der Waals surface area contributed by atoms with Crippen LogP contribution in [0, 0.1) is 0 Å². The second-order valence-corrected chi connectivity index (χ2v) is 5.97. The largest absolute Gasteiger partial charge is 0.378 e. The molecule has 4 heteroatoms. The Balaban J connectivity index is 1.69. The molecule has 0 bridgehead atoms. The Kier molecular flexibility index (Phi) is 5.64. The highest BCUT2D eigenvalue weighted by molar-refractivity contribution is 5.76. The fourth-order valence-corrected chi connectivity index (χ4v) is 3.29. The summed E-state index contributed by atoms with van der Waals surface area (Å²) in [5.41, 5.74) is 0. The lowest BCUT2D eigenvalue weighted by atomic mass is 9.90. The smallest absolute Gasteiger partial charge is 0.222 e. The minimum absolute atomic E-state index is 0.295. The summed E-state index contributed by atoms with van der Waals surface area (Å²) >= 11 is 0. The van der Waals surface area contributed by atoms with Crippen molar-refractivity contribution < 1.29 is 9.53 Å². The second kappa shape index (κ2) is 7.25. The molecule has 2 fully saturated rings. The molecule has 1 aliphatic heterocycles. The van der Waals surface area contributed by atoms with Gasteiger partial charge in [-0.05, 0) is 52.0 Å². The number of hydrogen-bond acceptors (Lipinski definition) is 3. The molecule has 1 amide bonds. The first-order valence-electron chi connectivity index (χ1n) is 7.75. The summed E-state index contributed by atoms with van der Waals surface area (Å²) in [5, 5.41) is 3.33. The maximum atomic E-state index is 12.2. The first kappa shape index (κ1) is 14.8. The molecule has 1 unspecified atom stereocenters. The van der Waals surface area contributed by atoms with Crippen LogP contribution in [0.3, 0.4) is 0 Å². The van der Waals surface area contributed by atoms with Gasteiger partial charge in [-0.3, -0.25) is 4.79 Å². The van der Waals surface area contributed by atoms with E-state index in [0.717, 1.165) is 38.7 Å². The summed E-state index contributed by atoms with van der Waals surface area (Å²) in [6, 6.07) is 1.09. The first-order chi connectivity index (χ1) is 9.20. The number of amides is 1. The molecule has 2 rings (SSSR count). The van der Waals surface area contributed by atoms with Crippen molar-refractivity contribution in [3.05, 3.63) is 0 Å². The van der Waals surface area contributed by atoms with E-state index >= 15 is 0 Å². The Morgan fingerprint density at radius 3 is 2.58 bits per heavy atom. The summed E-state index contributed by atoms with van der Waals surface area (Å²) in [4.78, 5) is 14.2. The van der Waals surface area contributed by atoms with Gasteiger partial charge in [0, 0.05) is 32.2 Å². The van der Waals surface area contributed by atoms with Crippen LogP contribution in [-0.2, 0) is 9.53 Å². The van der Waals surface area contributed by atoms with E-state index in [1.165, 1.54) is 12.8 Å². The Morgan fingerprint density at radius 1 is 1.26 bits per heavy atom. The number of nitrogens with one attached hydrogen (secondary N) is 1. The van der Waals surface area contributed by atoms with E-state index in [1.54, 1.807) is 0 Å². The number of nitrogens with zero attached hydrogens (tertiary/aromatic N) is 1. The molecule has 19 heavy (non-hydrogen) atoms. The summed E-state index contributed by atoms with van der Waals surface area (Å²) < 4.78 is 5.58. The van der Waals surface area contributed by atoms with Crippen molar-refractivity contribution in [2.24, 2.45) is 0 Å². The highest BCUT2D eigenvalue weighted by Gasteiger charge is 2.26. The van der Waals surface area contributed by atoms with Crippen molar-refractivity contribution in [3.8, 4) is 0 Å². The van der Waals surface area contributed by atoms with Crippen molar-refractivity contribution >= 4 is 5.91 Å². The average Bonchev–Trinajstić information content (AvgIpc) is 2.97. The third-order valence-corrected chi connectivity index (χ3v) is 4.75. The summed E-state index contributed by atoms with van der Waals surface area (Å²) in [7, 11) is 4.00. The highest BCUT2D eigenvalue weighted by Crippen LogP contribution is 2.23. The predicted molar refractivity (Wildman–Crippen MR) is 76.1 cm³/mol. The fourth-order valence-electron chi connectivity index (χ4n) is 3.29. The van der Waals surface area contributed by atoms with Gasteiger partial charge < -0.3 is 15.0 Å². The zero-order valence-electron chi connectivity index (χ0n) is 12.4. The van der Waals surface area contributed by atoms with Gasteiger partial charge in [-0.15, -0.1) is 0 Å². The minimum Gasteiger partial charge on any atom is -0.378 e. The van der Waals surface area contributed by atoms with Crippen molar-refractivity contribution in [1.82, 2.24) is 10.2 Å². The van der Waals surface area contributed by atoms with Crippen LogP contribution in [-0.4, -0.2) is 49.7 Å². The summed E-state index contributed by atoms with van der Waals surface area (Å²) in [5.74, 6) is 0.295. The summed E-state index contributed by atoms with van der Waals surface area (Å²) in [6.45, 7) is 0.878. The number of carbonyl (C=O) groups excluding carboxylic acids is 1. The Labute approximate surface area is 116 Å². The molecule has 1 saturated carbocycles. The molecule has 1 saturated heterocycles. The van der Waals surface area contributed by atoms with Crippen molar-refractivity contribution in [3.63, 3.8) is 0 Å². The van der Waals surface area contributed by atoms with E-state index in [0.29, 0.717) is 30.5 Å². The maximum absolute atomic E-state index is 12.2. The number of rotatable bonds is 5. The van der Waals surface area contributed by atoms with Crippen LogP contribution in [0.4, 0.5) is 0 Å². The van der Waals surface area contributed by atoms with Crippen molar-refractivity contribution in [2.45, 2.75) is 69.6 Å². The van der Waals surface area contributed by atoms with Crippen LogP contribution in [0.25, 0.3) is 0 Å². The van der Waals surface area contributed by atoms with Crippen molar-refractivity contribution in [2.75, 3.05) is 20.7 Å². The lowest BCUT2D eigenvalue weighted by molar-refractivity contribution is -0.133. The second-order valence-electron chi connectivity index (χ2n) is 5.97. The summed E-state index contributed by atoms with van der Waals surface area (Å²) in [6.07, 6.45) is 8.79. The molecule has 0 spiro atoms. The van der Waals surface area contributed by atoms with E-state index in [4.69, 9.17) is 4.74 Å². The Hall–Kier alpha value is -0.610. The standard InChI is InChI=1S/C15H28N2O2/c1-16-12-5-7-13(8-6-12)17(2)15(18)10-9-14-4-3-11-19-14/h12-14,16H,3-11H2,1-2H3. The SMILES string of the molecule is CNC1CCC(N(C)C(=O)CCC2CCCO2)CC1. The number of ether oxygens (including phenoxy) is 1. The van der Waals surface area contributed by atoms with Crippen LogP contribution < -0.4 is 5.32 Å². The monoisotopic (exact) mass is 268 g/mol. The molecule has 4 nitrogen and oxygen atoms in total. The Bertz CT molecular complexity index is 282. The predicted octanol–water partition coefficient (Wildman–Crippen LogP) is 1.93. The van der Waals surface area contributed by atoms with Gasteiger partial charge in [0.15, 0.2) is 0 Å². The lowest BCUT2D eigenvalue weighted by Gasteiger charge is -2.34. The molecule has 110 valence electrons. The van der Waals surface area contributed by atoms with Crippen LogP contribution in [0.2, 0.25) is 0 Å². The first-order valence-corrected chi connectivity index (χ1v) is 7.75. The van der Waals surface area contributed by atoms with Crippen molar-refractivity contribution in [1.29, 1.82) is 0 Å². The molecular formula is C15H28N2O2. The van der Waals surface area contributed by atoms with Crippen LogP contribution >= 0.6 is 0 Å². The van der Waals surface area contributed by atoms with Gasteiger partial charge >= 0.3 is 0 Å². The van der Waals surface area contributed by atoms with Crippen LogP contribution in [0.5, 0.6) is 0 Å². The van der Waals surface area contributed by atoms with Gasteiger partial charge in [0.25, 0.3) is 0 Å². The molecular weight excluding hydrogens is 240 g/mol. The van der Waals surface area contributed by atoms with Gasteiger partial charge in [-0.2, -0.15) is 0 Å². The van der Waals surface area contributed by atoms with E-state index < -0.39 is 0 Å². The zero-order valence-corrected chi connectivity index (χ0v) is 12.4. The topological polar surface area (TPSA) is 41.6 Å². The molecule has 0 radical (unpaired) electrons. The lowest BCUT2D eigenvalue weighted by Crippen LogP contribution is -2.42. The fraction of sp³-hybridized carbons (Fsp3) is 0.933. The molecule has 0 aromatic heterocycles. The molecule has 1 aliphatic carbocycles. The maximum Gasteiger partial charge on any atom is 0.222 e.